The van der Waals surface area contributed by atoms with Crippen LogP contribution in [0.5, 0.6) is 0 Å². The molecule has 0 fully saturated rings. The van der Waals surface area contributed by atoms with E-state index in [0.717, 1.165) is 52.4 Å². The molecule has 2 aromatic carbocycles. The van der Waals surface area contributed by atoms with Gasteiger partial charge >= 0.3 is 0 Å². The fraction of sp³-hybridized carbons (Fsp3) is 0.263. The van der Waals surface area contributed by atoms with Gasteiger partial charge in [0.25, 0.3) is 10.0 Å². The summed E-state index contributed by atoms with van der Waals surface area (Å²) >= 11 is 3.32. The Morgan fingerprint density at radius 3 is 2.56 bits per heavy atom. The lowest BCUT2D eigenvalue weighted by atomic mass is 9.95. The molecule has 0 radical (unpaired) electrons. The monoisotopic (exact) mass is 419 g/mol. The molecule has 1 aliphatic rings. The number of furan rings is 1. The summed E-state index contributed by atoms with van der Waals surface area (Å²) in [5.41, 5.74) is 3.52. The largest absolute Gasteiger partial charge is 0.461 e. The Morgan fingerprint density at radius 1 is 1.08 bits per heavy atom. The molecule has 0 saturated heterocycles. The van der Waals surface area contributed by atoms with Gasteiger partial charge in [-0.3, -0.25) is 4.72 Å². The molecule has 1 N–H and O–H groups in total. The number of nitrogens with one attached hydrogen (secondary N) is 1. The molecule has 1 aliphatic carbocycles. The third-order valence-electron chi connectivity index (χ3n) is 4.67. The second-order valence-electron chi connectivity index (χ2n) is 6.43. The van der Waals surface area contributed by atoms with E-state index in [4.69, 9.17) is 4.42 Å². The Hall–Kier alpha value is -1.79. The van der Waals surface area contributed by atoms with E-state index in [9.17, 15) is 8.42 Å². The first-order valence-corrected chi connectivity index (χ1v) is 10.5. The number of sulfonamides is 1. The average Bonchev–Trinajstić information content (AvgIpc) is 2.93. The van der Waals surface area contributed by atoms with Crippen molar-refractivity contribution in [3.63, 3.8) is 0 Å². The Bertz CT molecular complexity index is 1050. The quantitative estimate of drug-likeness (QED) is 0.635. The third kappa shape index (κ3) is 3.09. The van der Waals surface area contributed by atoms with Crippen LogP contribution < -0.4 is 4.72 Å². The first-order chi connectivity index (χ1) is 11.9. The second kappa shape index (κ2) is 6.18. The van der Waals surface area contributed by atoms with Gasteiger partial charge in [0.1, 0.15) is 11.3 Å². The van der Waals surface area contributed by atoms with Gasteiger partial charge in [-0.15, -0.1) is 0 Å². The molecule has 0 unspecified atom stereocenters. The van der Waals surface area contributed by atoms with Crippen LogP contribution in [0.1, 0.15) is 29.7 Å². The van der Waals surface area contributed by atoms with E-state index >= 15 is 0 Å². The number of halogens is 1. The van der Waals surface area contributed by atoms with E-state index in [1.165, 1.54) is 5.56 Å². The van der Waals surface area contributed by atoms with E-state index in [1.54, 1.807) is 24.3 Å². The van der Waals surface area contributed by atoms with Crippen molar-refractivity contribution in [3.05, 3.63) is 57.8 Å². The van der Waals surface area contributed by atoms with Crippen molar-refractivity contribution in [1.82, 2.24) is 0 Å². The number of fused-ring (bicyclic) bond motifs is 3. The standard InChI is InChI=1S/C19H18BrNO3S/c1-12-10-19-16(15-4-2-3-5-18(15)24-19)11-17(12)21-25(22,23)14-8-6-13(20)7-9-14/h6-11,21H,2-5H2,1H3. The van der Waals surface area contributed by atoms with Crippen molar-refractivity contribution in [2.45, 2.75) is 37.5 Å². The van der Waals surface area contributed by atoms with Crippen LogP contribution in [-0.2, 0) is 22.9 Å². The van der Waals surface area contributed by atoms with E-state index in [0.29, 0.717) is 5.69 Å². The highest BCUT2D eigenvalue weighted by Gasteiger charge is 2.21. The first kappa shape index (κ1) is 16.7. The summed E-state index contributed by atoms with van der Waals surface area (Å²) in [6.45, 7) is 1.89. The Labute approximate surface area is 155 Å². The molecule has 0 aliphatic heterocycles. The molecular weight excluding hydrogens is 402 g/mol. The fourth-order valence-electron chi connectivity index (χ4n) is 3.34. The van der Waals surface area contributed by atoms with Crippen LogP contribution >= 0.6 is 15.9 Å². The minimum Gasteiger partial charge on any atom is -0.461 e. The molecule has 1 heterocycles. The predicted molar refractivity (Wildman–Crippen MR) is 103 cm³/mol. The molecule has 6 heteroatoms. The van der Waals surface area contributed by atoms with E-state index in [2.05, 4.69) is 20.7 Å². The number of hydrogen-bond donors (Lipinski definition) is 1. The summed E-state index contributed by atoms with van der Waals surface area (Å²) in [6, 6.07) is 10.4. The van der Waals surface area contributed by atoms with Gasteiger partial charge in [0.2, 0.25) is 0 Å². The highest BCUT2D eigenvalue weighted by molar-refractivity contribution is 9.10. The molecule has 4 rings (SSSR count). The minimum absolute atomic E-state index is 0.240. The second-order valence-corrected chi connectivity index (χ2v) is 9.03. The number of rotatable bonds is 3. The smallest absolute Gasteiger partial charge is 0.261 e. The van der Waals surface area contributed by atoms with Crippen molar-refractivity contribution in [3.8, 4) is 0 Å². The minimum atomic E-state index is -3.63. The van der Waals surface area contributed by atoms with Gasteiger partial charge < -0.3 is 4.42 Å². The normalized spacial score (nSPS) is 14.5. The third-order valence-corrected chi connectivity index (χ3v) is 6.58. The number of benzene rings is 2. The Morgan fingerprint density at radius 2 is 1.80 bits per heavy atom. The number of aryl methyl sites for hydroxylation is 3. The van der Waals surface area contributed by atoms with Crippen LogP contribution in [0.2, 0.25) is 0 Å². The summed E-state index contributed by atoms with van der Waals surface area (Å²) in [7, 11) is -3.63. The van der Waals surface area contributed by atoms with Crippen molar-refractivity contribution < 1.29 is 12.8 Å². The molecule has 130 valence electrons. The van der Waals surface area contributed by atoms with Crippen LogP contribution in [0.3, 0.4) is 0 Å². The maximum absolute atomic E-state index is 12.7. The van der Waals surface area contributed by atoms with Crippen molar-refractivity contribution >= 4 is 42.6 Å². The van der Waals surface area contributed by atoms with Crippen LogP contribution in [-0.4, -0.2) is 8.42 Å². The molecular formula is C19H18BrNO3S. The van der Waals surface area contributed by atoms with Crippen molar-refractivity contribution in [1.29, 1.82) is 0 Å². The maximum atomic E-state index is 12.7. The summed E-state index contributed by atoms with van der Waals surface area (Å²) in [6.07, 6.45) is 4.25. The summed E-state index contributed by atoms with van der Waals surface area (Å²) < 4.78 is 34.9. The van der Waals surface area contributed by atoms with Crippen LogP contribution in [0.4, 0.5) is 5.69 Å². The van der Waals surface area contributed by atoms with Gasteiger partial charge in [0, 0.05) is 21.8 Å². The zero-order valence-corrected chi connectivity index (χ0v) is 16.2. The average molecular weight is 420 g/mol. The number of hydrogen-bond acceptors (Lipinski definition) is 3. The molecule has 1 aromatic heterocycles. The predicted octanol–water partition coefficient (Wildman–Crippen LogP) is 5.18. The summed E-state index contributed by atoms with van der Waals surface area (Å²) in [5.74, 6) is 1.05. The van der Waals surface area contributed by atoms with E-state index < -0.39 is 10.0 Å². The van der Waals surface area contributed by atoms with Crippen LogP contribution in [0, 0.1) is 6.92 Å². The molecule has 0 amide bonds. The topological polar surface area (TPSA) is 59.3 Å². The van der Waals surface area contributed by atoms with Gasteiger partial charge in [-0.2, -0.15) is 0 Å². The van der Waals surface area contributed by atoms with E-state index in [1.807, 2.05) is 19.1 Å². The van der Waals surface area contributed by atoms with Gasteiger partial charge in [0.05, 0.1) is 10.6 Å². The highest BCUT2D eigenvalue weighted by atomic mass is 79.9. The zero-order valence-electron chi connectivity index (χ0n) is 13.8. The van der Waals surface area contributed by atoms with E-state index in [-0.39, 0.29) is 4.90 Å². The van der Waals surface area contributed by atoms with Crippen LogP contribution in [0.25, 0.3) is 11.0 Å². The molecule has 0 spiro atoms. The molecule has 4 nitrogen and oxygen atoms in total. The molecule has 3 aromatic rings. The van der Waals surface area contributed by atoms with Gasteiger partial charge in [0.15, 0.2) is 0 Å². The van der Waals surface area contributed by atoms with Gasteiger partial charge in [-0.05, 0) is 68.1 Å². The summed E-state index contributed by atoms with van der Waals surface area (Å²) in [4.78, 5) is 0.240. The van der Waals surface area contributed by atoms with Crippen LogP contribution in [0.15, 0.2) is 50.2 Å². The Balaban J connectivity index is 1.76. The molecule has 0 bridgehead atoms. The lowest BCUT2D eigenvalue weighted by Crippen LogP contribution is -2.13. The number of anilines is 1. The molecule has 25 heavy (non-hydrogen) atoms. The van der Waals surface area contributed by atoms with Crippen molar-refractivity contribution in [2.24, 2.45) is 0 Å². The van der Waals surface area contributed by atoms with Crippen molar-refractivity contribution in [2.75, 3.05) is 4.72 Å². The molecule has 0 saturated carbocycles. The SMILES string of the molecule is Cc1cc2oc3c(c2cc1NS(=O)(=O)c1ccc(Br)cc1)CCCC3. The fourth-order valence-corrected chi connectivity index (χ4v) is 4.72. The Kier molecular flexibility index (Phi) is 4.12. The highest BCUT2D eigenvalue weighted by Crippen LogP contribution is 2.35. The zero-order chi connectivity index (χ0) is 17.6. The van der Waals surface area contributed by atoms with Gasteiger partial charge in [-0.1, -0.05) is 15.9 Å². The first-order valence-electron chi connectivity index (χ1n) is 8.27. The lowest BCUT2D eigenvalue weighted by molar-refractivity contribution is 0.506. The van der Waals surface area contributed by atoms with Gasteiger partial charge in [-0.25, -0.2) is 8.42 Å². The lowest BCUT2D eigenvalue weighted by Gasteiger charge is -2.12. The molecule has 0 atom stereocenters. The maximum Gasteiger partial charge on any atom is 0.261 e. The summed E-state index contributed by atoms with van der Waals surface area (Å²) in [5, 5.41) is 1.02.